The van der Waals surface area contributed by atoms with E-state index in [1.807, 2.05) is 6.92 Å². The summed E-state index contributed by atoms with van der Waals surface area (Å²) in [5.74, 6) is 1.23. The fourth-order valence-corrected chi connectivity index (χ4v) is 2.52. The fourth-order valence-electron chi connectivity index (χ4n) is 2.52. The molecule has 0 unspecified atom stereocenters. The van der Waals surface area contributed by atoms with Crippen molar-refractivity contribution in [3.05, 3.63) is 41.5 Å². The third-order valence-corrected chi connectivity index (χ3v) is 3.78. The summed E-state index contributed by atoms with van der Waals surface area (Å²) in [4.78, 5) is 8.38. The topological polar surface area (TPSA) is 76.4 Å². The van der Waals surface area contributed by atoms with E-state index < -0.39 is 17.3 Å². The minimum Gasteiger partial charge on any atom is -0.488 e. The van der Waals surface area contributed by atoms with E-state index in [1.165, 1.54) is 18.5 Å². The van der Waals surface area contributed by atoms with Gasteiger partial charge in [0.15, 0.2) is 5.96 Å². The lowest BCUT2D eigenvalue weighted by molar-refractivity contribution is -0.138. The molecule has 2 aromatic rings. The number of rotatable bonds is 6. The number of nitrogens with zero attached hydrogens (tertiary/aromatic N) is 4. The molecule has 0 radical (unpaired) electrons. The van der Waals surface area contributed by atoms with Crippen molar-refractivity contribution >= 4 is 5.96 Å². The molecule has 0 bridgehead atoms. The number of ether oxygens (including phenoxy) is 1. The molecule has 10 heteroatoms. The smallest absolute Gasteiger partial charge is 0.416 e. The second kappa shape index (κ2) is 9.15. The van der Waals surface area contributed by atoms with E-state index >= 15 is 0 Å². The van der Waals surface area contributed by atoms with Gasteiger partial charge in [0, 0.05) is 13.6 Å². The third kappa shape index (κ3) is 6.95. The molecule has 0 fully saturated rings. The average Bonchev–Trinajstić information content (AvgIpc) is 3.01. The van der Waals surface area contributed by atoms with Crippen molar-refractivity contribution in [1.82, 2.24) is 25.4 Å². The van der Waals surface area contributed by atoms with E-state index in [1.54, 1.807) is 32.5 Å². The highest BCUT2D eigenvalue weighted by molar-refractivity contribution is 5.79. The van der Waals surface area contributed by atoms with Gasteiger partial charge in [0.2, 0.25) is 0 Å². The second-order valence-electron chi connectivity index (χ2n) is 7.38. The van der Waals surface area contributed by atoms with Gasteiger partial charge in [-0.05, 0) is 45.4 Å². The minimum atomic E-state index is -4.51. The van der Waals surface area contributed by atoms with Crippen molar-refractivity contribution in [2.75, 3.05) is 6.54 Å². The number of aryl methyl sites for hydroxylation is 1. The Morgan fingerprint density at radius 1 is 1.21 bits per heavy atom. The van der Waals surface area contributed by atoms with Gasteiger partial charge in [-0.1, -0.05) is 6.07 Å². The highest BCUT2D eigenvalue weighted by Crippen LogP contribution is 2.35. The van der Waals surface area contributed by atoms with Crippen molar-refractivity contribution in [2.45, 2.75) is 52.6 Å². The Morgan fingerprint density at radius 2 is 1.93 bits per heavy atom. The van der Waals surface area contributed by atoms with E-state index in [0.717, 1.165) is 6.07 Å². The number of benzene rings is 1. The second-order valence-corrected chi connectivity index (χ2v) is 7.38. The predicted molar refractivity (Wildman–Crippen MR) is 104 cm³/mol. The molecule has 0 saturated heterocycles. The summed E-state index contributed by atoms with van der Waals surface area (Å²) >= 11 is 0. The first-order chi connectivity index (χ1) is 13.5. The van der Waals surface area contributed by atoms with Crippen molar-refractivity contribution in [3.8, 4) is 5.75 Å². The molecule has 0 amide bonds. The van der Waals surface area contributed by atoms with Gasteiger partial charge in [-0.25, -0.2) is 9.98 Å². The van der Waals surface area contributed by atoms with E-state index in [0.29, 0.717) is 24.9 Å². The van der Waals surface area contributed by atoms with E-state index in [9.17, 15) is 13.2 Å². The molecule has 0 atom stereocenters. The standard InChI is InChI=1S/C19H27F3N6O/c1-6-23-17(25-11-16-26-12-27-28(16)5)24-10-13-7-8-14(29-18(2,3)4)9-15(13)19(20,21)22/h7-9,12H,6,10-11H2,1-5H3,(H2,23,24,25). The first-order valence-electron chi connectivity index (χ1n) is 9.24. The number of halogens is 3. The quantitative estimate of drug-likeness (QED) is 0.563. The third-order valence-electron chi connectivity index (χ3n) is 3.78. The number of guanidine groups is 1. The molecule has 2 rings (SSSR count). The van der Waals surface area contributed by atoms with Crippen LogP contribution in [0.5, 0.6) is 5.75 Å². The van der Waals surface area contributed by atoms with Crippen LogP contribution in [0.4, 0.5) is 13.2 Å². The lowest BCUT2D eigenvalue weighted by Gasteiger charge is -2.22. The van der Waals surface area contributed by atoms with Gasteiger partial charge in [-0.3, -0.25) is 4.68 Å². The Hall–Kier alpha value is -2.78. The summed E-state index contributed by atoms with van der Waals surface area (Å²) in [5.41, 5.74) is -1.29. The molecule has 29 heavy (non-hydrogen) atoms. The van der Waals surface area contributed by atoms with Crippen LogP contribution in [0.3, 0.4) is 0 Å². The molecule has 0 spiro atoms. The first-order valence-corrected chi connectivity index (χ1v) is 9.24. The van der Waals surface area contributed by atoms with Crippen LogP contribution < -0.4 is 15.4 Å². The SMILES string of the molecule is CCNC(=NCc1ccc(OC(C)(C)C)cc1C(F)(F)F)NCc1ncnn1C. The Bertz CT molecular complexity index is 839. The molecule has 0 aliphatic carbocycles. The van der Waals surface area contributed by atoms with E-state index in [2.05, 4.69) is 25.7 Å². The summed E-state index contributed by atoms with van der Waals surface area (Å²) < 4.78 is 47.9. The lowest BCUT2D eigenvalue weighted by atomic mass is 10.1. The molecule has 160 valence electrons. The zero-order chi connectivity index (χ0) is 21.7. The van der Waals surface area contributed by atoms with Gasteiger partial charge in [0.25, 0.3) is 0 Å². The summed E-state index contributed by atoms with van der Waals surface area (Å²) in [6.45, 7) is 7.98. The van der Waals surface area contributed by atoms with Gasteiger partial charge in [-0.15, -0.1) is 0 Å². The summed E-state index contributed by atoms with van der Waals surface area (Å²) in [7, 11) is 1.75. The summed E-state index contributed by atoms with van der Waals surface area (Å²) in [5, 5.41) is 10.0. The number of alkyl halides is 3. The number of hydrogen-bond donors (Lipinski definition) is 2. The Morgan fingerprint density at radius 3 is 2.48 bits per heavy atom. The zero-order valence-electron chi connectivity index (χ0n) is 17.3. The van der Waals surface area contributed by atoms with Gasteiger partial charge in [0.05, 0.1) is 18.7 Å². The molecule has 2 N–H and O–H groups in total. The molecule has 1 aromatic heterocycles. The molecule has 0 aliphatic heterocycles. The molecule has 7 nitrogen and oxygen atoms in total. The lowest BCUT2D eigenvalue weighted by Crippen LogP contribution is -2.37. The highest BCUT2D eigenvalue weighted by atomic mass is 19.4. The molecule has 1 aromatic carbocycles. The number of aliphatic imine (C=N–C) groups is 1. The van der Waals surface area contributed by atoms with Crippen LogP contribution in [0, 0.1) is 0 Å². The van der Waals surface area contributed by atoms with Crippen LogP contribution >= 0.6 is 0 Å². The van der Waals surface area contributed by atoms with Crippen LogP contribution in [-0.4, -0.2) is 32.9 Å². The largest absolute Gasteiger partial charge is 0.488 e. The zero-order valence-corrected chi connectivity index (χ0v) is 17.3. The number of aromatic nitrogens is 3. The molecule has 0 saturated carbocycles. The van der Waals surface area contributed by atoms with Gasteiger partial charge in [0.1, 0.15) is 23.5 Å². The number of nitrogens with one attached hydrogen (secondary N) is 2. The predicted octanol–water partition coefficient (Wildman–Crippen LogP) is 3.27. The van der Waals surface area contributed by atoms with Crippen LogP contribution in [0.25, 0.3) is 0 Å². The van der Waals surface area contributed by atoms with Crippen molar-refractivity contribution in [1.29, 1.82) is 0 Å². The maximum atomic E-state index is 13.6. The Balaban J connectivity index is 2.21. The average molecular weight is 412 g/mol. The van der Waals surface area contributed by atoms with Crippen molar-refractivity contribution < 1.29 is 17.9 Å². The maximum absolute atomic E-state index is 13.6. The van der Waals surface area contributed by atoms with Gasteiger partial charge < -0.3 is 15.4 Å². The Kier molecular flexibility index (Phi) is 7.10. The van der Waals surface area contributed by atoms with Gasteiger partial charge in [-0.2, -0.15) is 18.3 Å². The van der Waals surface area contributed by atoms with Crippen LogP contribution in [0.15, 0.2) is 29.5 Å². The Labute approximate surface area is 168 Å². The highest BCUT2D eigenvalue weighted by Gasteiger charge is 2.34. The van der Waals surface area contributed by atoms with Crippen molar-refractivity contribution in [3.63, 3.8) is 0 Å². The first kappa shape index (κ1) is 22.5. The summed E-state index contributed by atoms with van der Waals surface area (Å²) in [6, 6.07) is 3.96. The maximum Gasteiger partial charge on any atom is 0.416 e. The normalized spacial score (nSPS) is 12.8. The monoisotopic (exact) mass is 412 g/mol. The van der Waals surface area contributed by atoms with Crippen LogP contribution in [0.2, 0.25) is 0 Å². The fraction of sp³-hybridized carbons (Fsp3) is 0.526. The molecule has 0 aliphatic rings. The number of hydrogen-bond acceptors (Lipinski definition) is 4. The molecular formula is C19H27F3N6O. The molecular weight excluding hydrogens is 385 g/mol. The van der Waals surface area contributed by atoms with E-state index in [-0.39, 0.29) is 17.9 Å². The van der Waals surface area contributed by atoms with Gasteiger partial charge >= 0.3 is 6.18 Å². The van der Waals surface area contributed by atoms with E-state index in [4.69, 9.17) is 4.74 Å². The van der Waals surface area contributed by atoms with Crippen LogP contribution in [0.1, 0.15) is 44.6 Å². The summed E-state index contributed by atoms with van der Waals surface area (Å²) in [6.07, 6.45) is -3.08. The van der Waals surface area contributed by atoms with Crippen LogP contribution in [-0.2, 0) is 26.3 Å². The van der Waals surface area contributed by atoms with Crippen molar-refractivity contribution in [2.24, 2.45) is 12.0 Å². The minimum absolute atomic E-state index is 0.0645. The molecule has 1 heterocycles.